The summed E-state index contributed by atoms with van der Waals surface area (Å²) in [7, 11) is -2.02. The molecule has 0 radical (unpaired) electrons. The van der Waals surface area contributed by atoms with Crippen molar-refractivity contribution in [3.05, 3.63) is 40.0 Å². The normalized spacial score (nSPS) is 12.0. The molecule has 0 aliphatic rings. The van der Waals surface area contributed by atoms with Crippen molar-refractivity contribution in [2.24, 2.45) is 0 Å². The van der Waals surface area contributed by atoms with Gasteiger partial charge in [-0.3, -0.25) is 0 Å². The molecule has 1 aromatic heterocycles. The second-order valence-electron chi connectivity index (χ2n) is 4.32. The zero-order valence-corrected chi connectivity index (χ0v) is 14.2. The maximum absolute atomic E-state index is 12.5. The summed E-state index contributed by atoms with van der Waals surface area (Å²) in [5.74, 6) is 0. The van der Waals surface area contributed by atoms with Crippen LogP contribution in [0.1, 0.15) is 11.3 Å². The van der Waals surface area contributed by atoms with Crippen LogP contribution in [0.25, 0.3) is 0 Å². The van der Waals surface area contributed by atoms with Crippen LogP contribution in [0.2, 0.25) is 0 Å². The first kappa shape index (κ1) is 15.4. The summed E-state index contributed by atoms with van der Waals surface area (Å²) in [6, 6.07) is 7.53. The Kier molecular flexibility index (Phi) is 4.48. The summed E-state index contributed by atoms with van der Waals surface area (Å²) in [6.45, 7) is 1.94. The highest BCUT2D eigenvalue weighted by Crippen LogP contribution is 2.28. The number of anilines is 1. The fourth-order valence-corrected chi connectivity index (χ4v) is 4.85. The van der Waals surface area contributed by atoms with Crippen molar-refractivity contribution in [1.82, 2.24) is 9.29 Å². The third-order valence-corrected chi connectivity index (χ3v) is 6.58. The molecule has 2 aromatic rings. The van der Waals surface area contributed by atoms with Crippen molar-refractivity contribution in [3.8, 4) is 0 Å². The number of aromatic nitrogens is 1. The van der Waals surface area contributed by atoms with Gasteiger partial charge in [-0.05, 0) is 24.6 Å². The van der Waals surface area contributed by atoms with E-state index >= 15 is 0 Å². The number of aryl methyl sites for hydroxylation is 1. The first-order valence-electron chi connectivity index (χ1n) is 5.74. The molecule has 0 aliphatic carbocycles. The molecule has 0 unspecified atom stereocenters. The van der Waals surface area contributed by atoms with Crippen LogP contribution in [0.3, 0.4) is 0 Å². The minimum absolute atomic E-state index is 0.201. The molecule has 0 aliphatic heterocycles. The number of nitrogens with zero attached hydrogens (tertiary/aromatic N) is 2. The summed E-state index contributed by atoms with van der Waals surface area (Å²) in [5.41, 5.74) is 6.91. The molecular formula is C12H14BrN3O2S2. The van der Waals surface area contributed by atoms with E-state index in [2.05, 4.69) is 20.9 Å². The number of hydrogen-bond donors (Lipinski definition) is 1. The van der Waals surface area contributed by atoms with Crippen molar-refractivity contribution in [1.29, 1.82) is 0 Å². The van der Waals surface area contributed by atoms with E-state index in [4.69, 9.17) is 5.73 Å². The maximum Gasteiger partial charge on any atom is 0.254 e. The van der Waals surface area contributed by atoms with Crippen LogP contribution in [0.5, 0.6) is 0 Å². The molecule has 1 aromatic carbocycles. The predicted molar refractivity (Wildman–Crippen MR) is 84.1 cm³/mol. The lowest BCUT2D eigenvalue weighted by atomic mass is 10.2. The molecule has 0 atom stereocenters. The standard InChI is InChI=1S/C12H14BrN3O2S2/c1-8-11(19-12(14)15-8)20(17,18)16(2)7-9-4-3-5-10(13)6-9/h3-6H,7H2,1-2H3,(H2,14,15). The highest BCUT2D eigenvalue weighted by atomic mass is 79.9. The Labute approximate surface area is 130 Å². The van der Waals surface area contributed by atoms with Gasteiger partial charge < -0.3 is 5.73 Å². The number of sulfonamides is 1. The number of benzene rings is 1. The Morgan fingerprint density at radius 3 is 2.70 bits per heavy atom. The van der Waals surface area contributed by atoms with Crippen molar-refractivity contribution < 1.29 is 8.42 Å². The molecule has 0 saturated heterocycles. The van der Waals surface area contributed by atoms with Crippen molar-refractivity contribution >= 4 is 42.4 Å². The van der Waals surface area contributed by atoms with Crippen LogP contribution in [0, 0.1) is 6.92 Å². The van der Waals surface area contributed by atoms with Gasteiger partial charge in [-0.1, -0.05) is 39.4 Å². The molecule has 1 heterocycles. The summed E-state index contributed by atoms with van der Waals surface area (Å²) in [4.78, 5) is 3.96. The molecule has 0 spiro atoms. The minimum Gasteiger partial charge on any atom is -0.375 e. The van der Waals surface area contributed by atoms with E-state index in [1.165, 1.54) is 4.31 Å². The van der Waals surface area contributed by atoms with Crippen LogP contribution < -0.4 is 5.73 Å². The Morgan fingerprint density at radius 1 is 1.45 bits per heavy atom. The van der Waals surface area contributed by atoms with E-state index in [0.717, 1.165) is 21.4 Å². The third kappa shape index (κ3) is 3.20. The van der Waals surface area contributed by atoms with E-state index in [1.54, 1.807) is 14.0 Å². The molecule has 108 valence electrons. The monoisotopic (exact) mass is 375 g/mol. The predicted octanol–water partition coefficient (Wildman–Crippen LogP) is 2.62. The van der Waals surface area contributed by atoms with Crippen LogP contribution in [0.15, 0.2) is 32.9 Å². The number of rotatable bonds is 4. The summed E-state index contributed by atoms with van der Waals surface area (Å²) in [6.07, 6.45) is 0. The van der Waals surface area contributed by atoms with Crippen LogP contribution in [-0.4, -0.2) is 24.8 Å². The van der Waals surface area contributed by atoms with Crippen LogP contribution in [0.4, 0.5) is 5.13 Å². The topological polar surface area (TPSA) is 76.3 Å². The number of thiazole rings is 1. The SMILES string of the molecule is Cc1nc(N)sc1S(=O)(=O)N(C)Cc1cccc(Br)c1. The van der Waals surface area contributed by atoms with Gasteiger partial charge in [-0.2, -0.15) is 4.31 Å². The Hall–Kier alpha value is -0.960. The van der Waals surface area contributed by atoms with Crippen LogP contribution >= 0.6 is 27.3 Å². The molecule has 0 fully saturated rings. The Bertz CT molecular complexity index is 728. The number of hydrogen-bond acceptors (Lipinski definition) is 5. The number of nitrogens with two attached hydrogens (primary N) is 1. The molecule has 0 bridgehead atoms. The van der Waals surface area contributed by atoms with E-state index in [1.807, 2.05) is 24.3 Å². The average Bonchev–Trinajstić information content (AvgIpc) is 2.69. The van der Waals surface area contributed by atoms with E-state index in [9.17, 15) is 8.42 Å². The first-order valence-corrected chi connectivity index (χ1v) is 8.79. The van der Waals surface area contributed by atoms with Gasteiger partial charge >= 0.3 is 0 Å². The van der Waals surface area contributed by atoms with Gasteiger partial charge in [-0.15, -0.1) is 0 Å². The highest BCUT2D eigenvalue weighted by Gasteiger charge is 2.26. The summed E-state index contributed by atoms with van der Waals surface area (Å²) < 4.78 is 27.4. The molecule has 5 nitrogen and oxygen atoms in total. The number of halogens is 1. The summed E-state index contributed by atoms with van der Waals surface area (Å²) >= 11 is 4.36. The van der Waals surface area contributed by atoms with Crippen molar-refractivity contribution in [2.45, 2.75) is 17.7 Å². The average molecular weight is 376 g/mol. The molecule has 0 saturated carbocycles. The van der Waals surface area contributed by atoms with Gasteiger partial charge in [0, 0.05) is 18.1 Å². The van der Waals surface area contributed by atoms with E-state index in [-0.39, 0.29) is 9.34 Å². The fraction of sp³-hybridized carbons (Fsp3) is 0.250. The number of nitrogen functional groups attached to an aromatic ring is 1. The fourth-order valence-electron chi connectivity index (χ4n) is 1.76. The smallest absolute Gasteiger partial charge is 0.254 e. The zero-order chi connectivity index (χ0) is 14.9. The van der Waals surface area contributed by atoms with Gasteiger partial charge in [0.15, 0.2) is 9.34 Å². The lowest BCUT2D eigenvalue weighted by molar-refractivity contribution is 0.468. The van der Waals surface area contributed by atoms with Gasteiger partial charge in [0.05, 0.1) is 5.69 Å². The lowest BCUT2D eigenvalue weighted by Crippen LogP contribution is -2.26. The minimum atomic E-state index is -3.57. The van der Waals surface area contributed by atoms with Crippen LogP contribution in [-0.2, 0) is 16.6 Å². The molecule has 8 heteroatoms. The Morgan fingerprint density at radius 2 is 2.15 bits per heavy atom. The van der Waals surface area contributed by atoms with E-state index in [0.29, 0.717) is 12.2 Å². The third-order valence-electron chi connectivity index (χ3n) is 2.71. The highest BCUT2D eigenvalue weighted by molar-refractivity contribution is 9.10. The van der Waals surface area contributed by atoms with E-state index < -0.39 is 10.0 Å². The largest absolute Gasteiger partial charge is 0.375 e. The zero-order valence-electron chi connectivity index (χ0n) is 11.0. The molecule has 20 heavy (non-hydrogen) atoms. The second kappa shape index (κ2) is 5.80. The first-order chi connectivity index (χ1) is 9.30. The van der Waals surface area contributed by atoms with Gasteiger partial charge in [0.25, 0.3) is 10.0 Å². The Balaban J connectivity index is 2.28. The molecular weight excluding hydrogens is 362 g/mol. The quantitative estimate of drug-likeness (QED) is 0.890. The maximum atomic E-state index is 12.5. The lowest BCUT2D eigenvalue weighted by Gasteiger charge is -2.16. The van der Waals surface area contributed by atoms with Crippen molar-refractivity contribution in [3.63, 3.8) is 0 Å². The second-order valence-corrected chi connectivity index (χ2v) is 8.50. The summed E-state index contributed by atoms with van der Waals surface area (Å²) in [5, 5.41) is 0.261. The van der Waals surface area contributed by atoms with Gasteiger partial charge in [-0.25, -0.2) is 13.4 Å². The molecule has 2 N–H and O–H groups in total. The molecule has 2 rings (SSSR count). The van der Waals surface area contributed by atoms with Gasteiger partial charge in [0.1, 0.15) is 0 Å². The van der Waals surface area contributed by atoms with Gasteiger partial charge in [0.2, 0.25) is 0 Å². The van der Waals surface area contributed by atoms with Crippen molar-refractivity contribution in [2.75, 3.05) is 12.8 Å². The molecule has 0 amide bonds.